The molecule has 0 saturated carbocycles. The number of hydrogen-bond donors (Lipinski definition) is 1. The fourth-order valence-electron chi connectivity index (χ4n) is 2.88. The topological polar surface area (TPSA) is 56.0 Å². The summed E-state index contributed by atoms with van der Waals surface area (Å²) in [7, 11) is 1.01. The van der Waals surface area contributed by atoms with Crippen LogP contribution < -0.4 is 16.0 Å². The Labute approximate surface area is 145 Å². The van der Waals surface area contributed by atoms with Crippen molar-refractivity contribution in [3.63, 3.8) is 0 Å². The van der Waals surface area contributed by atoms with E-state index in [9.17, 15) is 22.8 Å². The molecule has 2 aromatic rings. The zero-order chi connectivity index (χ0) is 18.4. The second-order valence-corrected chi connectivity index (χ2v) is 6.71. The highest BCUT2D eigenvalue weighted by Gasteiger charge is 2.35. The fraction of sp³-hybridized carbons (Fsp3) is 0.375. The molecule has 2 heterocycles. The van der Waals surface area contributed by atoms with E-state index in [1.165, 1.54) is 11.9 Å². The zero-order valence-electron chi connectivity index (χ0n) is 13.6. The van der Waals surface area contributed by atoms with E-state index in [-0.39, 0.29) is 11.7 Å². The van der Waals surface area contributed by atoms with Crippen LogP contribution in [-0.2, 0) is 13.2 Å². The van der Waals surface area contributed by atoms with Crippen LogP contribution in [0.4, 0.5) is 13.2 Å². The maximum absolute atomic E-state index is 12.9. The molecule has 1 aromatic heterocycles. The predicted molar refractivity (Wildman–Crippen MR) is 88.9 cm³/mol. The van der Waals surface area contributed by atoms with E-state index in [0.29, 0.717) is 10.6 Å². The van der Waals surface area contributed by atoms with E-state index in [1.807, 2.05) is 6.92 Å². The second-order valence-electron chi connectivity index (χ2n) is 5.83. The maximum Gasteiger partial charge on any atom is 0.431 e. The van der Waals surface area contributed by atoms with Crippen molar-refractivity contribution in [1.29, 1.82) is 0 Å². The first-order valence-corrected chi connectivity index (χ1v) is 8.52. The van der Waals surface area contributed by atoms with E-state index >= 15 is 0 Å². The van der Waals surface area contributed by atoms with Crippen molar-refractivity contribution in [2.75, 3.05) is 0 Å². The van der Waals surface area contributed by atoms with Crippen LogP contribution in [0.15, 0.2) is 38.8 Å². The number of nitrogens with zero attached hydrogens (tertiary/aromatic N) is 2. The lowest BCUT2D eigenvalue weighted by molar-refractivity contribution is -0.144. The molecular weight excluding hydrogens is 355 g/mol. The highest BCUT2D eigenvalue weighted by atomic mass is 32.2. The number of benzene rings is 1. The molecule has 0 spiro atoms. The van der Waals surface area contributed by atoms with Gasteiger partial charge in [-0.05, 0) is 42.1 Å². The fourth-order valence-corrected chi connectivity index (χ4v) is 3.85. The van der Waals surface area contributed by atoms with Gasteiger partial charge in [0.15, 0.2) is 0 Å². The Morgan fingerprint density at radius 3 is 2.60 bits per heavy atom. The van der Waals surface area contributed by atoms with Crippen molar-refractivity contribution in [2.45, 2.75) is 36.9 Å². The van der Waals surface area contributed by atoms with Crippen molar-refractivity contribution in [3.8, 4) is 5.69 Å². The van der Waals surface area contributed by atoms with Crippen LogP contribution in [0.2, 0.25) is 0 Å². The molecular formula is C16H16F3N3O2S. The lowest BCUT2D eigenvalue weighted by Crippen LogP contribution is -2.40. The lowest BCUT2D eigenvalue weighted by Gasteiger charge is -2.15. The third-order valence-electron chi connectivity index (χ3n) is 4.13. The number of halogens is 3. The molecule has 1 unspecified atom stereocenters. The predicted octanol–water partition coefficient (Wildman–Crippen LogP) is 3.01. The summed E-state index contributed by atoms with van der Waals surface area (Å²) in [5, 5.41) is 0. The Morgan fingerprint density at radius 1 is 1.24 bits per heavy atom. The minimum atomic E-state index is -4.77. The first kappa shape index (κ1) is 17.8. The molecule has 25 heavy (non-hydrogen) atoms. The summed E-state index contributed by atoms with van der Waals surface area (Å²) < 4.78 is 43.3. The quantitative estimate of drug-likeness (QED) is 0.843. The number of fused-ring (bicyclic) bond motifs is 1. The maximum atomic E-state index is 12.9. The van der Waals surface area contributed by atoms with E-state index in [0.717, 1.165) is 34.9 Å². The van der Waals surface area contributed by atoms with Gasteiger partial charge in [-0.2, -0.15) is 13.2 Å². The van der Waals surface area contributed by atoms with Crippen molar-refractivity contribution in [1.82, 2.24) is 13.9 Å². The number of alkyl halides is 3. The summed E-state index contributed by atoms with van der Waals surface area (Å²) in [5.41, 5.74) is -2.07. The summed E-state index contributed by atoms with van der Waals surface area (Å²) >= 11 is 1.47. The van der Waals surface area contributed by atoms with Gasteiger partial charge in [0, 0.05) is 24.1 Å². The smallest absolute Gasteiger partial charge is 0.292 e. The molecule has 0 saturated heterocycles. The van der Waals surface area contributed by atoms with E-state index in [1.54, 1.807) is 18.2 Å². The standard InChI is InChI=1S/C16H16F3N3O2S/c1-3-4-11-10-7-9(5-6-12(10)25-20-11)22-14(23)8-13(16(17,18)19)21(2)15(22)24/h5-8,11,20H,3-4H2,1-2H3. The SMILES string of the molecule is CCCC1NSc2ccc(-n3c(=O)cc(C(F)(F)F)n(C)c3=O)cc21. The first-order valence-electron chi connectivity index (χ1n) is 7.71. The molecule has 0 bridgehead atoms. The van der Waals surface area contributed by atoms with Crippen LogP contribution >= 0.6 is 11.9 Å². The molecule has 0 aliphatic carbocycles. The van der Waals surface area contributed by atoms with Gasteiger partial charge in [0.25, 0.3) is 5.56 Å². The third-order valence-corrected chi connectivity index (χ3v) is 5.12. The summed E-state index contributed by atoms with van der Waals surface area (Å²) in [4.78, 5) is 25.6. The normalized spacial score (nSPS) is 16.9. The van der Waals surface area contributed by atoms with Crippen molar-refractivity contribution < 1.29 is 13.2 Å². The highest BCUT2D eigenvalue weighted by molar-refractivity contribution is 7.97. The molecule has 5 nitrogen and oxygen atoms in total. The van der Waals surface area contributed by atoms with Gasteiger partial charge >= 0.3 is 11.9 Å². The van der Waals surface area contributed by atoms with Gasteiger partial charge < -0.3 is 0 Å². The van der Waals surface area contributed by atoms with Gasteiger partial charge in [-0.1, -0.05) is 13.3 Å². The zero-order valence-corrected chi connectivity index (χ0v) is 14.4. The molecule has 0 amide bonds. The van der Waals surface area contributed by atoms with E-state index in [4.69, 9.17) is 0 Å². The van der Waals surface area contributed by atoms with Crippen molar-refractivity contribution in [3.05, 3.63) is 56.4 Å². The molecule has 0 fully saturated rings. The number of nitrogens with one attached hydrogen (secondary N) is 1. The molecule has 9 heteroatoms. The van der Waals surface area contributed by atoms with Crippen LogP contribution in [0.1, 0.15) is 37.1 Å². The Bertz CT molecular complexity index is 932. The average molecular weight is 371 g/mol. The summed E-state index contributed by atoms with van der Waals surface area (Å²) in [6.45, 7) is 2.05. The molecule has 134 valence electrons. The van der Waals surface area contributed by atoms with Gasteiger partial charge in [-0.3, -0.25) is 14.1 Å². The molecule has 0 radical (unpaired) electrons. The van der Waals surface area contributed by atoms with Gasteiger partial charge in [0.05, 0.1) is 5.69 Å². The van der Waals surface area contributed by atoms with Gasteiger partial charge in [0.1, 0.15) is 5.69 Å². The van der Waals surface area contributed by atoms with Crippen LogP contribution in [-0.4, -0.2) is 9.13 Å². The van der Waals surface area contributed by atoms with E-state index < -0.39 is 23.1 Å². The Morgan fingerprint density at radius 2 is 1.96 bits per heavy atom. The molecule has 1 aliphatic rings. The largest absolute Gasteiger partial charge is 0.431 e. The van der Waals surface area contributed by atoms with E-state index in [2.05, 4.69) is 4.72 Å². The number of rotatable bonds is 3. The minimum Gasteiger partial charge on any atom is -0.292 e. The van der Waals surface area contributed by atoms with Crippen molar-refractivity contribution >= 4 is 11.9 Å². The summed E-state index contributed by atoms with van der Waals surface area (Å²) in [6, 6.07) is 5.56. The van der Waals surface area contributed by atoms with Crippen LogP contribution in [0, 0.1) is 0 Å². The summed E-state index contributed by atoms with van der Waals surface area (Å²) in [5.74, 6) is 0. The number of aromatic nitrogens is 2. The van der Waals surface area contributed by atoms with Gasteiger partial charge in [-0.25, -0.2) is 9.36 Å². The first-order chi connectivity index (χ1) is 11.7. The second kappa shape index (κ2) is 6.38. The third kappa shape index (κ3) is 3.13. The Kier molecular flexibility index (Phi) is 4.54. The van der Waals surface area contributed by atoms with Gasteiger partial charge in [0.2, 0.25) is 0 Å². The Balaban J connectivity index is 2.16. The van der Waals surface area contributed by atoms with Crippen LogP contribution in [0.5, 0.6) is 0 Å². The monoisotopic (exact) mass is 371 g/mol. The Hall–Kier alpha value is -2.00. The average Bonchev–Trinajstić information content (AvgIpc) is 2.93. The molecule has 3 rings (SSSR count). The van der Waals surface area contributed by atoms with Crippen LogP contribution in [0.25, 0.3) is 5.69 Å². The minimum absolute atomic E-state index is 0.0824. The van der Waals surface area contributed by atoms with Gasteiger partial charge in [-0.15, -0.1) is 0 Å². The van der Waals surface area contributed by atoms with Crippen LogP contribution in [0.3, 0.4) is 0 Å². The molecule has 1 N–H and O–H groups in total. The lowest BCUT2D eigenvalue weighted by atomic mass is 10.0. The molecule has 1 aromatic carbocycles. The van der Waals surface area contributed by atoms with Crippen molar-refractivity contribution in [2.24, 2.45) is 7.05 Å². The highest BCUT2D eigenvalue weighted by Crippen LogP contribution is 2.38. The molecule has 1 aliphatic heterocycles. The summed E-state index contributed by atoms with van der Waals surface area (Å²) in [6.07, 6.45) is -2.94. The molecule has 1 atom stereocenters. The number of hydrogen-bond acceptors (Lipinski definition) is 4.